The normalized spacial score (nSPS) is 22.7. The summed E-state index contributed by atoms with van der Waals surface area (Å²) < 4.78 is 0. The van der Waals surface area contributed by atoms with Gasteiger partial charge in [-0.1, -0.05) is 13.0 Å². The van der Waals surface area contributed by atoms with E-state index in [0.29, 0.717) is 19.1 Å². The Hall–Kier alpha value is -0.950. The lowest BCUT2D eigenvalue weighted by molar-refractivity contribution is -0.123. The van der Waals surface area contributed by atoms with Crippen LogP contribution in [0.1, 0.15) is 38.1 Å². The number of thiophene rings is 1. The van der Waals surface area contributed by atoms with Gasteiger partial charge in [-0.05, 0) is 31.7 Å². The van der Waals surface area contributed by atoms with E-state index in [4.69, 9.17) is 0 Å². The van der Waals surface area contributed by atoms with Crippen LogP contribution in [0.5, 0.6) is 0 Å². The molecule has 1 aliphatic heterocycles. The predicted octanol–water partition coefficient (Wildman–Crippen LogP) is 1.70. The molecule has 0 aromatic carbocycles. The molecule has 0 radical (unpaired) electrons. The monoisotopic (exact) mass is 339 g/mol. The number of piperazine rings is 1. The second kappa shape index (κ2) is 8.78. The van der Waals surface area contributed by atoms with Crippen molar-refractivity contribution in [3.05, 3.63) is 22.4 Å². The van der Waals surface area contributed by atoms with Gasteiger partial charge in [-0.2, -0.15) is 0 Å². The number of aliphatic hydroxyl groups excluding tert-OH is 1. The zero-order valence-electron chi connectivity index (χ0n) is 14.4. The smallest absolute Gasteiger partial charge is 0.234 e. The summed E-state index contributed by atoms with van der Waals surface area (Å²) in [5.74, 6) is 0.0877. The Morgan fingerprint density at radius 1 is 1.48 bits per heavy atom. The van der Waals surface area contributed by atoms with Gasteiger partial charge in [-0.3, -0.25) is 14.6 Å². The molecule has 1 fully saturated rings. The minimum atomic E-state index is -0.300. The number of carbonyl (C=O) groups excluding carboxylic acids is 1. The van der Waals surface area contributed by atoms with Crippen molar-refractivity contribution < 1.29 is 9.90 Å². The van der Waals surface area contributed by atoms with Crippen LogP contribution in [0.4, 0.5) is 0 Å². The average molecular weight is 340 g/mol. The quantitative estimate of drug-likeness (QED) is 0.794. The number of aliphatic hydroxyl groups is 1. The fourth-order valence-electron chi connectivity index (χ4n) is 3.17. The fourth-order valence-corrected chi connectivity index (χ4v) is 3.90. The number of carbonyl (C=O) groups is 1. The maximum Gasteiger partial charge on any atom is 0.234 e. The van der Waals surface area contributed by atoms with Crippen LogP contribution >= 0.6 is 11.3 Å². The molecule has 1 aromatic heterocycles. The van der Waals surface area contributed by atoms with Gasteiger partial charge in [0.25, 0.3) is 0 Å². The molecule has 3 atom stereocenters. The predicted molar refractivity (Wildman–Crippen MR) is 94.6 cm³/mol. The maximum atomic E-state index is 12.3. The molecular formula is C17H29N3O2S. The van der Waals surface area contributed by atoms with Gasteiger partial charge >= 0.3 is 0 Å². The third-order valence-electron chi connectivity index (χ3n) is 4.37. The van der Waals surface area contributed by atoms with Crippen LogP contribution < -0.4 is 5.32 Å². The Morgan fingerprint density at radius 3 is 2.87 bits per heavy atom. The van der Waals surface area contributed by atoms with Crippen LogP contribution in [0.3, 0.4) is 0 Å². The van der Waals surface area contributed by atoms with Crippen LogP contribution in [0.25, 0.3) is 0 Å². The summed E-state index contributed by atoms with van der Waals surface area (Å²) in [6.07, 6.45) is 0.738. The number of nitrogens with zero attached hydrogens (tertiary/aromatic N) is 2. The molecule has 130 valence electrons. The van der Waals surface area contributed by atoms with Gasteiger partial charge in [0.05, 0.1) is 18.7 Å². The minimum absolute atomic E-state index is 0.0704. The summed E-state index contributed by atoms with van der Waals surface area (Å²) in [5, 5.41) is 14.7. The Kier molecular flexibility index (Phi) is 7.02. The van der Waals surface area contributed by atoms with Crippen LogP contribution in [-0.4, -0.2) is 65.7 Å². The summed E-state index contributed by atoms with van der Waals surface area (Å²) >= 11 is 1.67. The molecule has 1 aliphatic rings. The summed E-state index contributed by atoms with van der Waals surface area (Å²) in [5.41, 5.74) is 0. The van der Waals surface area contributed by atoms with E-state index in [9.17, 15) is 9.90 Å². The van der Waals surface area contributed by atoms with Gasteiger partial charge < -0.3 is 10.4 Å². The molecule has 1 saturated heterocycles. The summed E-state index contributed by atoms with van der Waals surface area (Å²) in [7, 11) is 0. The van der Waals surface area contributed by atoms with E-state index in [1.807, 2.05) is 25.3 Å². The van der Waals surface area contributed by atoms with Crippen molar-refractivity contribution in [2.45, 2.75) is 45.4 Å². The maximum absolute atomic E-state index is 12.3. The summed E-state index contributed by atoms with van der Waals surface area (Å²) in [6, 6.07) is 4.55. The zero-order chi connectivity index (χ0) is 16.8. The molecule has 5 nitrogen and oxygen atoms in total. The molecule has 1 aromatic rings. The van der Waals surface area contributed by atoms with E-state index in [1.165, 1.54) is 4.88 Å². The Bertz CT molecular complexity index is 478. The first-order chi connectivity index (χ1) is 11.0. The molecule has 0 unspecified atom stereocenters. The van der Waals surface area contributed by atoms with Crippen molar-refractivity contribution in [1.82, 2.24) is 15.1 Å². The number of hydrogen-bond acceptors (Lipinski definition) is 5. The molecule has 2 N–H and O–H groups in total. The van der Waals surface area contributed by atoms with E-state index in [0.717, 1.165) is 26.1 Å². The van der Waals surface area contributed by atoms with Crippen molar-refractivity contribution in [3.63, 3.8) is 0 Å². The average Bonchev–Trinajstić information content (AvgIpc) is 3.02. The number of β-amino-alcohol motifs (C(OH)–C–C–N with tert-alkyl or cyclic N) is 1. The zero-order valence-corrected chi connectivity index (χ0v) is 15.2. The topological polar surface area (TPSA) is 55.8 Å². The van der Waals surface area contributed by atoms with Crippen molar-refractivity contribution in [2.24, 2.45) is 0 Å². The second-order valence-electron chi connectivity index (χ2n) is 6.45. The first kappa shape index (κ1) is 18.4. The van der Waals surface area contributed by atoms with Gasteiger partial charge in [0.15, 0.2) is 0 Å². The van der Waals surface area contributed by atoms with E-state index in [1.54, 1.807) is 11.3 Å². The molecule has 0 aliphatic carbocycles. The first-order valence-corrected chi connectivity index (χ1v) is 9.34. The molecule has 0 saturated carbocycles. The third-order valence-corrected chi connectivity index (χ3v) is 5.43. The fraction of sp³-hybridized carbons (Fsp3) is 0.706. The van der Waals surface area contributed by atoms with Gasteiger partial charge in [0.2, 0.25) is 5.91 Å². The molecule has 1 amide bonds. The number of hydrogen-bond donors (Lipinski definition) is 2. The van der Waals surface area contributed by atoms with Crippen molar-refractivity contribution in [3.8, 4) is 0 Å². The lowest BCUT2D eigenvalue weighted by atomic mass is 10.1. The SMILES string of the molecule is CC[C@@H]1CN(CC(=O)N[C@@H](C)c2cccs2)CCN1C[C@H](C)O. The number of rotatable bonds is 7. The highest BCUT2D eigenvalue weighted by Gasteiger charge is 2.27. The van der Waals surface area contributed by atoms with Crippen molar-refractivity contribution in [1.29, 1.82) is 0 Å². The molecule has 0 spiro atoms. The van der Waals surface area contributed by atoms with Crippen LogP contribution in [0, 0.1) is 0 Å². The third kappa shape index (κ3) is 5.57. The Balaban J connectivity index is 1.80. The highest BCUT2D eigenvalue weighted by Crippen LogP contribution is 2.18. The highest BCUT2D eigenvalue weighted by atomic mass is 32.1. The van der Waals surface area contributed by atoms with Crippen LogP contribution in [-0.2, 0) is 4.79 Å². The molecule has 23 heavy (non-hydrogen) atoms. The van der Waals surface area contributed by atoms with Gasteiger partial charge in [0, 0.05) is 37.1 Å². The van der Waals surface area contributed by atoms with E-state index >= 15 is 0 Å². The van der Waals surface area contributed by atoms with Gasteiger partial charge in [-0.25, -0.2) is 0 Å². The van der Waals surface area contributed by atoms with E-state index in [-0.39, 0.29) is 18.1 Å². The molecule has 2 rings (SSSR count). The Morgan fingerprint density at radius 2 is 2.26 bits per heavy atom. The molecule has 6 heteroatoms. The van der Waals surface area contributed by atoms with Gasteiger partial charge in [-0.15, -0.1) is 11.3 Å². The molecule has 2 heterocycles. The highest BCUT2D eigenvalue weighted by molar-refractivity contribution is 7.10. The van der Waals surface area contributed by atoms with Crippen LogP contribution in [0.2, 0.25) is 0 Å². The largest absolute Gasteiger partial charge is 0.392 e. The van der Waals surface area contributed by atoms with Crippen LogP contribution in [0.15, 0.2) is 17.5 Å². The lowest BCUT2D eigenvalue weighted by Crippen LogP contribution is -2.56. The standard InChI is InChI=1S/C17H29N3O2S/c1-4-15-11-19(7-8-20(15)10-13(2)21)12-17(22)18-14(3)16-6-5-9-23-16/h5-6,9,13-15,21H,4,7-8,10-12H2,1-3H3,(H,18,22)/t13-,14-,15+/m0/s1. The molecule has 0 bridgehead atoms. The second-order valence-corrected chi connectivity index (χ2v) is 7.43. The van der Waals surface area contributed by atoms with E-state index < -0.39 is 0 Å². The summed E-state index contributed by atoms with van der Waals surface area (Å²) in [4.78, 5) is 18.0. The number of nitrogens with one attached hydrogen (secondary N) is 1. The summed E-state index contributed by atoms with van der Waals surface area (Å²) in [6.45, 7) is 9.88. The lowest BCUT2D eigenvalue weighted by Gasteiger charge is -2.41. The number of amides is 1. The first-order valence-electron chi connectivity index (χ1n) is 8.46. The Labute approximate surface area is 143 Å². The minimum Gasteiger partial charge on any atom is -0.392 e. The van der Waals surface area contributed by atoms with Crippen molar-refractivity contribution >= 4 is 17.2 Å². The van der Waals surface area contributed by atoms with Gasteiger partial charge in [0.1, 0.15) is 0 Å². The molecular weight excluding hydrogens is 310 g/mol. The van der Waals surface area contributed by atoms with Crippen molar-refractivity contribution in [2.75, 3.05) is 32.7 Å². The van der Waals surface area contributed by atoms with E-state index in [2.05, 4.69) is 28.1 Å².